The maximum Gasteiger partial charge on any atom is 0.410 e. The molecule has 1 aromatic carbocycles. The van der Waals surface area contributed by atoms with Crippen molar-refractivity contribution in [2.45, 2.75) is 40.2 Å². The molecule has 1 amide bonds. The molecule has 112 valence electrons. The predicted molar refractivity (Wildman–Crippen MR) is 80.3 cm³/mol. The minimum atomic E-state index is -0.472. The van der Waals surface area contributed by atoms with Crippen molar-refractivity contribution in [3.63, 3.8) is 0 Å². The van der Waals surface area contributed by atoms with Gasteiger partial charge in [-0.25, -0.2) is 4.79 Å². The first-order valence-electron chi connectivity index (χ1n) is 6.83. The van der Waals surface area contributed by atoms with Gasteiger partial charge in [0.1, 0.15) is 18.0 Å². The number of ether oxygens (including phenoxy) is 2. The molecule has 0 heterocycles. The summed E-state index contributed by atoms with van der Waals surface area (Å²) in [6.07, 6.45) is -0.332. The fourth-order valence-corrected chi connectivity index (χ4v) is 1.54. The zero-order chi connectivity index (χ0) is 15.3. The number of hydrogen-bond acceptors (Lipinski definition) is 3. The van der Waals surface area contributed by atoms with Gasteiger partial charge in [-0.2, -0.15) is 0 Å². The van der Waals surface area contributed by atoms with Crippen LogP contribution in [-0.2, 0) is 4.74 Å². The minimum absolute atomic E-state index is 0.332. The molecule has 0 saturated heterocycles. The molecule has 0 atom stereocenters. The highest BCUT2D eigenvalue weighted by Crippen LogP contribution is 2.16. The Morgan fingerprint density at radius 3 is 2.40 bits per heavy atom. The van der Waals surface area contributed by atoms with Crippen LogP contribution in [0.15, 0.2) is 18.2 Å². The lowest BCUT2D eigenvalue weighted by atomic mass is 10.1. The Balaban J connectivity index is 2.40. The summed E-state index contributed by atoms with van der Waals surface area (Å²) in [5, 5.41) is 0. The number of likely N-dealkylation sites (N-methyl/N-ethyl adjacent to an activating group) is 1. The van der Waals surface area contributed by atoms with E-state index in [4.69, 9.17) is 9.47 Å². The number of benzene rings is 1. The number of amides is 1. The molecule has 0 unspecified atom stereocenters. The molecule has 1 aromatic rings. The van der Waals surface area contributed by atoms with Gasteiger partial charge in [0, 0.05) is 7.05 Å². The van der Waals surface area contributed by atoms with E-state index >= 15 is 0 Å². The highest BCUT2D eigenvalue weighted by Gasteiger charge is 2.19. The molecule has 0 radical (unpaired) electrons. The second-order valence-corrected chi connectivity index (χ2v) is 6.00. The Morgan fingerprint density at radius 2 is 1.85 bits per heavy atom. The van der Waals surface area contributed by atoms with Crippen LogP contribution in [0.2, 0.25) is 0 Å². The second kappa shape index (κ2) is 6.64. The van der Waals surface area contributed by atoms with E-state index in [1.165, 1.54) is 16.0 Å². The largest absolute Gasteiger partial charge is 0.492 e. The minimum Gasteiger partial charge on any atom is -0.492 e. The van der Waals surface area contributed by atoms with Crippen LogP contribution in [-0.4, -0.2) is 36.8 Å². The number of aryl methyl sites for hydroxylation is 2. The predicted octanol–water partition coefficient (Wildman–Crippen LogP) is 3.55. The van der Waals surface area contributed by atoms with Gasteiger partial charge in [-0.05, 0) is 57.9 Å². The van der Waals surface area contributed by atoms with Crippen LogP contribution in [0, 0.1) is 13.8 Å². The fourth-order valence-electron chi connectivity index (χ4n) is 1.54. The van der Waals surface area contributed by atoms with Crippen LogP contribution in [0.1, 0.15) is 31.9 Å². The summed E-state index contributed by atoms with van der Waals surface area (Å²) in [6.45, 7) is 10.6. The number of hydrogen-bond donors (Lipinski definition) is 0. The van der Waals surface area contributed by atoms with Crippen LogP contribution < -0.4 is 4.74 Å². The van der Waals surface area contributed by atoms with Gasteiger partial charge in [-0.3, -0.25) is 0 Å². The molecule has 0 aromatic heterocycles. The van der Waals surface area contributed by atoms with Crippen LogP contribution in [0.3, 0.4) is 0 Å². The normalized spacial score (nSPS) is 11.1. The van der Waals surface area contributed by atoms with E-state index in [1.54, 1.807) is 7.05 Å². The third-order valence-electron chi connectivity index (χ3n) is 2.88. The Kier molecular flexibility index (Phi) is 5.43. The molecule has 4 heteroatoms. The van der Waals surface area contributed by atoms with Crippen molar-refractivity contribution >= 4 is 6.09 Å². The van der Waals surface area contributed by atoms with Crippen molar-refractivity contribution < 1.29 is 14.3 Å². The van der Waals surface area contributed by atoms with Crippen molar-refractivity contribution in [1.29, 1.82) is 0 Å². The smallest absolute Gasteiger partial charge is 0.410 e. The third kappa shape index (κ3) is 5.51. The summed E-state index contributed by atoms with van der Waals surface area (Å²) in [5.74, 6) is 0.825. The number of carbonyl (C=O) groups excluding carboxylic acids is 1. The second-order valence-electron chi connectivity index (χ2n) is 6.00. The SMILES string of the molecule is Cc1ccc(OCCN(C)C(=O)OC(C)(C)C)cc1C. The average Bonchev–Trinajstić information content (AvgIpc) is 2.31. The molecule has 0 saturated carbocycles. The summed E-state index contributed by atoms with van der Waals surface area (Å²) in [4.78, 5) is 13.3. The van der Waals surface area contributed by atoms with E-state index < -0.39 is 5.60 Å². The highest BCUT2D eigenvalue weighted by atomic mass is 16.6. The Bertz CT molecular complexity index is 463. The van der Waals surface area contributed by atoms with E-state index in [0.29, 0.717) is 13.2 Å². The maximum absolute atomic E-state index is 11.7. The molecule has 0 fully saturated rings. The van der Waals surface area contributed by atoms with Crippen LogP contribution in [0.25, 0.3) is 0 Å². The molecule has 0 aliphatic rings. The average molecular weight is 279 g/mol. The van der Waals surface area contributed by atoms with E-state index in [-0.39, 0.29) is 6.09 Å². The van der Waals surface area contributed by atoms with Gasteiger partial charge in [0.05, 0.1) is 6.54 Å². The molecule has 0 aliphatic carbocycles. The summed E-state index contributed by atoms with van der Waals surface area (Å²) >= 11 is 0. The first-order valence-corrected chi connectivity index (χ1v) is 6.83. The van der Waals surface area contributed by atoms with E-state index in [0.717, 1.165) is 5.75 Å². The van der Waals surface area contributed by atoms with Gasteiger partial charge in [0.2, 0.25) is 0 Å². The summed E-state index contributed by atoms with van der Waals surface area (Å²) in [5.41, 5.74) is 1.96. The molecule has 0 spiro atoms. The van der Waals surface area contributed by atoms with E-state index in [9.17, 15) is 4.79 Å². The highest BCUT2D eigenvalue weighted by molar-refractivity contribution is 5.67. The van der Waals surface area contributed by atoms with Crippen LogP contribution in [0.4, 0.5) is 4.79 Å². The van der Waals surface area contributed by atoms with Gasteiger partial charge >= 0.3 is 6.09 Å². The zero-order valence-electron chi connectivity index (χ0n) is 13.3. The third-order valence-corrected chi connectivity index (χ3v) is 2.88. The van der Waals surface area contributed by atoms with Crippen molar-refractivity contribution in [1.82, 2.24) is 4.90 Å². The summed E-state index contributed by atoms with van der Waals surface area (Å²) in [6, 6.07) is 5.97. The lowest BCUT2D eigenvalue weighted by Crippen LogP contribution is -2.36. The molecule has 0 bridgehead atoms. The van der Waals surface area contributed by atoms with E-state index in [2.05, 4.69) is 13.8 Å². The van der Waals surface area contributed by atoms with Gasteiger partial charge in [-0.1, -0.05) is 6.07 Å². The van der Waals surface area contributed by atoms with Gasteiger partial charge in [0.25, 0.3) is 0 Å². The van der Waals surface area contributed by atoms with Crippen LogP contribution >= 0.6 is 0 Å². The summed E-state index contributed by atoms with van der Waals surface area (Å²) < 4.78 is 10.9. The van der Waals surface area contributed by atoms with Gasteiger partial charge < -0.3 is 14.4 Å². The van der Waals surface area contributed by atoms with Crippen molar-refractivity contribution in [2.75, 3.05) is 20.2 Å². The first kappa shape index (κ1) is 16.3. The lowest BCUT2D eigenvalue weighted by molar-refractivity contribution is 0.0278. The lowest BCUT2D eigenvalue weighted by Gasteiger charge is -2.24. The topological polar surface area (TPSA) is 38.8 Å². The molecule has 0 N–H and O–H groups in total. The number of rotatable bonds is 4. The fraction of sp³-hybridized carbons (Fsp3) is 0.562. The first-order chi connectivity index (χ1) is 9.19. The monoisotopic (exact) mass is 279 g/mol. The van der Waals surface area contributed by atoms with Crippen molar-refractivity contribution in [3.8, 4) is 5.75 Å². The Labute approximate surface area is 121 Å². The Hall–Kier alpha value is -1.71. The summed E-state index contributed by atoms with van der Waals surface area (Å²) in [7, 11) is 1.71. The van der Waals surface area contributed by atoms with Crippen molar-refractivity contribution in [2.24, 2.45) is 0 Å². The maximum atomic E-state index is 11.7. The number of carbonyl (C=O) groups is 1. The van der Waals surface area contributed by atoms with Gasteiger partial charge in [-0.15, -0.1) is 0 Å². The number of nitrogens with zero attached hydrogens (tertiary/aromatic N) is 1. The standard InChI is InChI=1S/C16H25NO3/c1-12-7-8-14(11-13(12)2)19-10-9-17(6)15(18)20-16(3,4)5/h7-8,11H,9-10H2,1-6H3. The molecule has 1 rings (SSSR count). The zero-order valence-corrected chi connectivity index (χ0v) is 13.3. The van der Waals surface area contributed by atoms with Gasteiger partial charge in [0.15, 0.2) is 0 Å². The van der Waals surface area contributed by atoms with Crippen LogP contribution in [0.5, 0.6) is 5.75 Å². The quantitative estimate of drug-likeness (QED) is 0.846. The molecular formula is C16H25NO3. The molecular weight excluding hydrogens is 254 g/mol. The van der Waals surface area contributed by atoms with E-state index in [1.807, 2.05) is 39.0 Å². The molecule has 0 aliphatic heterocycles. The molecule has 20 heavy (non-hydrogen) atoms. The van der Waals surface area contributed by atoms with Crippen molar-refractivity contribution in [3.05, 3.63) is 29.3 Å². The Morgan fingerprint density at radius 1 is 1.20 bits per heavy atom. The molecule has 4 nitrogen and oxygen atoms in total.